The van der Waals surface area contributed by atoms with E-state index < -0.39 is 5.60 Å². The van der Waals surface area contributed by atoms with Crippen LogP contribution in [0.3, 0.4) is 0 Å². The molecule has 1 aromatic rings. The second-order valence-corrected chi connectivity index (χ2v) is 6.78. The lowest BCUT2D eigenvalue weighted by Gasteiger charge is -2.23. The topological polar surface area (TPSA) is 52.6 Å². The van der Waals surface area contributed by atoms with Crippen LogP contribution in [0.2, 0.25) is 0 Å². The number of amides is 1. The molecule has 4 nitrogen and oxygen atoms in total. The molecule has 0 spiro atoms. The van der Waals surface area contributed by atoms with Crippen molar-refractivity contribution in [3.05, 3.63) is 35.9 Å². The second-order valence-electron chi connectivity index (χ2n) is 6.78. The number of aliphatic hydroxyl groups is 1. The van der Waals surface area contributed by atoms with Crippen molar-refractivity contribution >= 4 is 5.91 Å². The molecule has 1 aliphatic heterocycles. The molecule has 1 amide bonds. The molecule has 0 aromatic heterocycles. The molecule has 2 rings (SSSR count). The summed E-state index contributed by atoms with van der Waals surface area (Å²) >= 11 is 0. The van der Waals surface area contributed by atoms with Crippen LogP contribution in [0.15, 0.2) is 30.3 Å². The summed E-state index contributed by atoms with van der Waals surface area (Å²) in [5, 5.41) is 13.4. The predicted molar refractivity (Wildman–Crippen MR) is 93.2 cm³/mol. The maximum absolute atomic E-state index is 12.1. The third-order valence-corrected chi connectivity index (χ3v) is 4.57. The Labute approximate surface area is 139 Å². The molecule has 1 fully saturated rings. The SMILES string of the molecule is CC(O)(CC(=O)NCCCN1CCCCCC1)c1ccccc1. The van der Waals surface area contributed by atoms with Crippen LogP contribution in [0.1, 0.15) is 51.0 Å². The molecule has 1 aromatic carbocycles. The molecule has 1 saturated heterocycles. The van der Waals surface area contributed by atoms with Crippen molar-refractivity contribution < 1.29 is 9.90 Å². The van der Waals surface area contributed by atoms with Crippen LogP contribution in [0.25, 0.3) is 0 Å². The summed E-state index contributed by atoms with van der Waals surface area (Å²) < 4.78 is 0. The van der Waals surface area contributed by atoms with Gasteiger partial charge in [0.05, 0.1) is 12.0 Å². The molecule has 0 aliphatic carbocycles. The molecule has 1 unspecified atom stereocenters. The molecular weight excluding hydrogens is 288 g/mol. The van der Waals surface area contributed by atoms with Gasteiger partial charge in [-0.05, 0) is 51.4 Å². The van der Waals surface area contributed by atoms with Gasteiger partial charge in [-0.3, -0.25) is 4.79 Å². The highest BCUT2D eigenvalue weighted by Crippen LogP contribution is 2.23. The van der Waals surface area contributed by atoms with Crippen LogP contribution in [-0.2, 0) is 10.4 Å². The number of hydrogen-bond donors (Lipinski definition) is 2. The molecular formula is C19H30N2O2. The highest BCUT2D eigenvalue weighted by atomic mass is 16.3. The minimum Gasteiger partial charge on any atom is -0.385 e. The van der Waals surface area contributed by atoms with Crippen LogP contribution in [0.4, 0.5) is 0 Å². The van der Waals surface area contributed by atoms with Gasteiger partial charge in [-0.1, -0.05) is 43.2 Å². The van der Waals surface area contributed by atoms with Gasteiger partial charge in [0.2, 0.25) is 5.91 Å². The van der Waals surface area contributed by atoms with Crippen molar-refractivity contribution in [3.8, 4) is 0 Å². The second kappa shape index (κ2) is 9.04. The van der Waals surface area contributed by atoms with Crippen molar-refractivity contribution in [3.63, 3.8) is 0 Å². The van der Waals surface area contributed by atoms with Crippen molar-refractivity contribution in [2.75, 3.05) is 26.2 Å². The molecule has 0 radical (unpaired) electrons. The Morgan fingerprint density at radius 3 is 2.48 bits per heavy atom. The fourth-order valence-corrected chi connectivity index (χ4v) is 3.16. The lowest BCUT2D eigenvalue weighted by molar-refractivity contribution is -0.125. The maximum Gasteiger partial charge on any atom is 0.223 e. The molecule has 1 aliphatic rings. The average molecular weight is 318 g/mol. The summed E-state index contributed by atoms with van der Waals surface area (Å²) in [5.74, 6) is -0.0882. The van der Waals surface area contributed by atoms with E-state index in [9.17, 15) is 9.90 Å². The first-order valence-electron chi connectivity index (χ1n) is 8.85. The van der Waals surface area contributed by atoms with E-state index in [0.717, 1.165) is 18.5 Å². The average Bonchev–Trinajstić information content (AvgIpc) is 2.81. The number of hydrogen-bond acceptors (Lipinski definition) is 3. The lowest BCUT2D eigenvalue weighted by Crippen LogP contribution is -2.34. The van der Waals surface area contributed by atoms with E-state index in [1.54, 1.807) is 6.92 Å². The molecule has 1 heterocycles. The first kappa shape index (κ1) is 18.0. The standard InChI is InChI=1S/C19H30N2O2/c1-19(23,17-10-5-4-6-11-17)16-18(22)20-12-9-15-21-13-7-2-3-8-14-21/h4-6,10-11,23H,2-3,7-9,12-16H2,1H3,(H,20,22). The number of benzene rings is 1. The smallest absolute Gasteiger partial charge is 0.223 e. The Kier molecular flexibility index (Phi) is 7.06. The Bertz CT molecular complexity index is 466. The summed E-state index contributed by atoms with van der Waals surface area (Å²) in [6, 6.07) is 9.37. The molecule has 2 N–H and O–H groups in total. The van der Waals surface area contributed by atoms with Gasteiger partial charge in [-0.15, -0.1) is 0 Å². The Morgan fingerprint density at radius 1 is 1.17 bits per heavy atom. The van der Waals surface area contributed by atoms with E-state index in [2.05, 4.69) is 10.2 Å². The fourth-order valence-electron chi connectivity index (χ4n) is 3.16. The van der Waals surface area contributed by atoms with E-state index in [4.69, 9.17) is 0 Å². The van der Waals surface area contributed by atoms with Crippen LogP contribution in [-0.4, -0.2) is 42.1 Å². The zero-order valence-corrected chi connectivity index (χ0v) is 14.3. The molecule has 1 atom stereocenters. The molecule has 23 heavy (non-hydrogen) atoms. The third kappa shape index (κ3) is 6.32. The Balaban J connectivity index is 1.66. The van der Waals surface area contributed by atoms with Gasteiger partial charge in [-0.25, -0.2) is 0 Å². The zero-order valence-electron chi connectivity index (χ0n) is 14.3. The van der Waals surface area contributed by atoms with Crippen LogP contribution >= 0.6 is 0 Å². The maximum atomic E-state index is 12.1. The van der Waals surface area contributed by atoms with E-state index in [1.807, 2.05) is 30.3 Å². The predicted octanol–water partition coefficient (Wildman–Crippen LogP) is 2.67. The number of nitrogens with one attached hydrogen (secondary N) is 1. The van der Waals surface area contributed by atoms with E-state index >= 15 is 0 Å². The van der Waals surface area contributed by atoms with Gasteiger partial charge in [0.15, 0.2) is 0 Å². The number of carbonyl (C=O) groups excluding carboxylic acids is 1. The van der Waals surface area contributed by atoms with Crippen molar-refractivity contribution in [2.45, 2.75) is 51.0 Å². The summed E-state index contributed by atoms with van der Waals surface area (Å²) in [6.07, 6.45) is 6.36. The molecule has 0 saturated carbocycles. The van der Waals surface area contributed by atoms with Gasteiger partial charge < -0.3 is 15.3 Å². The number of likely N-dealkylation sites (tertiary alicyclic amines) is 1. The van der Waals surface area contributed by atoms with Crippen molar-refractivity contribution in [1.82, 2.24) is 10.2 Å². The highest BCUT2D eigenvalue weighted by molar-refractivity contribution is 5.77. The summed E-state index contributed by atoms with van der Waals surface area (Å²) in [4.78, 5) is 14.6. The van der Waals surface area contributed by atoms with Gasteiger partial charge in [0.1, 0.15) is 0 Å². The summed E-state index contributed by atoms with van der Waals surface area (Å²) in [7, 11) is 0. The van der Waals surface area contributed by atoms with Crippen molar-refractivity contribution in [1.29, 1.82) is 0 Å². The summed E-state index contributed by atoms with van der Waals surface area (Å²) in [6.45, 7) is 5.81. The zero-order chi connectivity index (χ0) is 16.5. The molecule has 0 bridgehead atoms. The van der Waals surface area contributed by atoms with Crippen LogP contribution < -0.4 is 5.32 Å². The Hall–Kier alpha value is -1.39. The first-order valence-corrected chi connectivity index (χ1v) is 8.85. The van der Waals surface area contributed by atoms with Crippen LogP contribution in [0, 0.1) is 0 Å². The minimum atomic E-state index is -1.11. The van der Waals surface area contributed by atoms with E-state index in [0.29, 0.717) is 6.54 Å². The largest absolute Gasteiger partial charge is 0.385 e. The fraction of sp³-hybridized carbons (Fsp3) is 0.632. The van der Waals surface area contributed by atoms with Gasteiger partial charge in [-0.2, -0.15) is 0 Å². The summed E-state index contributed by atoms with van der Waals surface area (Å²) in [5.41, 5.74) is -0.337. The highest BCUT2D eigenvalue weighted by Gasteiger charge is 2.26. The molecule has 4 heteroatoms. The Morgan fingerprint density at radius 2 is 1.83 bits per heavy atom. The lowest BCUT2D eigenvalue weighted by atomic mass is 9.92. The van der Waals surface area contributed by atoms with E-state index in [-0.39, 0.29) is 12.3 Å². The normalized spacial score (nSPS) is 18.9. The van der Waals surface area contributed by atoms with Gasteiger partial charge in [0.25, 0.3) is 0 Å². The third-order valence-electron chi connectivity index (χ3n) is 4.57. The van der Waals surface area contributed by atoms with Crippen LogP contribution in [0.5, 0.6) is 0 Å². The first-order chi connectivity index (χ1) is 11.1. The number of rotatable bonds is 7. The van der Waals surface area contributed by atoms with Gasteiger partial charge in [0, 0.05) is 6.54 Å². The number of carbonyl (C=O) groups is 1. The quantitative estimate of drug-likeness (QED) is 0.760. The van der Waals surface area contributed by atoms with E-state index in [1.165, 1.54) is 38.8 Å². The van der Waals surface area contributed by atoms with Gasteiger partial charge >= 0.3 is 0 Å². The van der Waals surface area contributed by atoms with Crippen molar-refractivity contribution in [2.24, 2.45) is 0 Å². The monoisotopic (exact) mass is 318 g/mol. The molecule has 128 valence electrons. The minimum absolute atomic E-state index is 0.0882. The number of nitrogens with zero attached hydrogens (tertiary/aromatic N) is 1.